The Morgan fingerprint density at radius 3 is 2.75 bits per heavy atom. The molecule has 1 atom stereocenters. The summed E-state index contributed by atoms with van der Waals surface area (Å²) in [5.74, 6) is 0. The summed E-state index contributed by atoms with van der Waals surface area (Å²) in [7, 11) is 0. The molecule has 1 aromatic rings. The van der Waals surface area contributed by atoms with E-state index in [0.717, 1.165) is 30.4 Å². The SMILES string of the molecule is O=C(Cl)OC1CCCC=C1c1ccccc1. The number of carbonyl (C=O) groups excluding carboxylic acids is 1. The largest absolute Gasteiger partial charge is 0.445 e. The van der Waals surface area contributed by atoms with Crippen LogP contribution in [-0.4, -0.2) is 11.5 Å². The topological polar surface area (TPSA) is 26.3 Å². The van der Waals surface area contributed by atoms with Crippen molar-refractivity contribution < 1.29 is 9.53 Å². The van der Waals surface area contributed by atoms with Crippen LogP contribution in [0.4, 0.5) is 4.79 Å². The smallest absolute Gasteiger partial charge is 0.404 e. The van der Waals surface area contributed by atoms with Crippen molar-refractivity contribution in [3.63, 3.8) is 0 Å². The van der Waals surface area contributed by atoms with Crippen LogP contribution < -0.4 is 0 Å². The van der Waals surface area contributed by atoms with Gasteiger partial charge in [-0.15, -0.1) is 0 Å². The quantitative estimate of drug-likeness (QED) is 0.726. The Bertz CT molecular complexity index is 398. The Balaban J connectivity index is 2.23. The predicted octanol–water partition coefficient (Wildman–Crippen LogP) is 4.00. The van der Waals surface area contributed by atoms with E-state index in [2.05, 4.69) is 6.08 Å². The average molecular weight is 237 g/mol. The molecule has 84 valence electrons. The minimum absolute atomic E-state index is 0.193. The van der Waals surface area contributed by atoms with Crippen LogP contribution in [0.1, 0.15) is 24.8 Å². The number of allylic oxidation sites excluding steroid dienone is 1. The van der Waals surface area contributed by atoms with Gasteiger partial charge in [0.05, 0.1) is 0 Å². The van der Waals surface area contributed by atoms with E-state index in [4.69, 9.17) is 16.3 Å². The van der Waals surface area contributed by atoms with Crippen molar-refractivity contribution >= 4 is 22.6 Å². The van der Waals surface area contributed by atoms with Gasteiger partial charge in [0.25, 0.3) is 0 Å². The Kier molecular flexibility index (Phi) is 3.62. The summed E-state index contributed by atoms with van der Waals surface area (Å²) in [4.78, 5) is 10.8. The van der Waals surface area contributed by atoms with Crippen LogP contribution in [0.2, 0.25) is 0 Å². The zero-order chi connectivity index (χ0) is 11.4. The highest BCUT2D eigenvalue weighted by atomic mass is 35.5. The first kappa shape index (κ1) is 11.2. The van der Waals surface area contributed by atoms with E-state index < -0.39 is 5.43 Å². The molecular weight excluding hydrogens is 224 g/mol. The second-order valence-electron chi connectivity index (χ2n) is 3.80. The summed E-state index contributed by atoms with van der Waals surface area (Å²) in [6.45, 7) is 0. The molecule has 0 spiro atoms. The highest BCUT2D eigenvalue weighted by molar-refractivity contribution is 6.61. The molecule has 1 aromatic carbocycles. The third-order valence-electron chi connectivity index (χ3n) is 2.72. The lowest BCUT2D eigenvalue weighted by Crippen LogP contribution is -2.19. The van der Waals surface area contributed by atoms with E-state index in [9.17, 15) is 4.79 Å². The van der Waals surface area contributed by atoms with Crippen LogP contribution in [0.3, 0.4) is 0 Å². The summed E-state index contributed by atoms with van der Waals surface area (Å²) in [6, 6.07) is 9.96. The van der Waals surface area contributed by atoms with Crippen LogP contribution in [0, 0.1) is 0 Å². The molecule has 1 aliphatic carbocycles. The number of benzene rings is 1. The van der Waals surface area contributed by atoms with Crippen molar-refractivity contribution in [2.24, 2.45) is 0 Å². The van der Waals surface area contributed by atoms with E-state index in [1.54, 1.807) is 0 Å². The standard InChI is InChI=1S/C13H13ClO2/c14-13(15)16-12-9-5-4-8-11(12)10-6-2-1-3-7-10/h1-3,6-8,12H,4-5,9H2. The van der Waals surface area contributed by atoms with Crippen molar-refractivity contribution in [3.8, 4) is 0 Å². The fraction of sp³-hybridized carbons (Fsp3) is 0.308. The van der Waals surface area contributed by atoms with Crippen LogP contribution in [0.5, 0.6) is 0 Å². The molecule has 2 nitrogen and oxygen atoms in total. The minimum atomic E-state index is -0.728. The molecule has 0 saturated carbocycles. The minimum Gasteiger partial charge on any atom is -0.445 e. The van der Waals surface area contributed by atoms with Gasteiger partial charge in [-0.2, -0.15) is 0 Å². The molecule has 0 radical (unpaired) electrons. The average Bonchev–Trinajstić information content (AvgIpc) is 2.30. The second kappa shape index (κ2) is 5.17. The molecular formula is C13H13ClO2. The summed E-state index contributed by atoms with van der Waals surface area (Å²) in [5.41, 5.74) is 1.44. The lowest BCUT2D eigenvalue weighted by Gasteiger charge is -2.23. The van der Waals surface area contributed by atoms with Gasteiger partial charge in [-0.25, -0.2) is 4.79 Å². The Morgan fingerprint density at radius 1 is 1.31 bits per heavy atom. The van der Waals surface area contributed by atoms with Gasteiger partial charge in [0.15, 0.2) is 0 Å². The Morgan fingerprint density at radius 2 is 2.06 bits per heavy atom. The molecule has 0 aromatic heterocycles. The zero-order valence-corrected chi connectivity index (χ0v) is 9.61. The first-order chi connectivity index (χ1) is 7.77. The summed E-state index contributed by atoms with van der Waals surface area (Å²) >= 11 is 5.28. The second-order valence-corrected chi connectivity index (χ2v) is 4.11. The first-order valence-corrected chi connectivity index (χ1v) is 5.77. The van der Waals surface area contributed by atoms with Crippen molar-refractivity contribution in [1.82, 2.24) is 0 Å². The molecule has 0 N–H and O–H groups in total. The number of ether oxygens (including phenoxy) is 1. The van der Waals surface area contributed by atoms with Gasteiger partial charge in [0, 0.05) is 11.6 Å². The number of hydrogen-bond acceptors (Lipinski definition) is 2. The van der Waals surface area contributed by atoms with Gasteiger partial charge < -0.3 is 4.74 Å². The van der Waals surface area contributed by atoms with Gasteiger partial charge in [0.1, 0.15) is 6.10 Å². The summed E-state index contributed by atoms with van der Waals surface area (Å²) in [5, 5.41) is 0. The Labute approximate surface area is 99.9 Å². The highest BCUT2D eigenvalue weighted by Gasteiger charge is 2.21. The number of halogens is 1. The van der Waals surface area contributed by atoms with Gasteiger partial charge in [-0.1, -0.05) is 36.4 Å². The number of rotatable bonds is 2. The number of carbonyl (C=O) groups is 1. The summed E-state index contributed by atoms with van der Waals surface area (Å²) in [6.07, 6.45) is 4.84. The highest BCUT2D eigenvalue weighted by Crippen LogP contribution is 2.29. The lowest BCUT2D eigenvalue weighted by molar-refractivity contribution is 0.142. The molecule has 0 bridgehead atoms. The lowest BCUT2D eigenvalue weighted by atomic mass is 9.91. The first-order valence-electron chi connectivity index (χ1n) is 5.39. The monoisotopic (exact) mass is 236 g/mol. The van der Waals surface area contributed by atoms with Crippen molar-refractivity contribution in [1.29, 1.82) is 0 Å². The van der Waals surface area contributed by atoms with Gasteiger partial charge in [-0.3, -0.25) is 0 Å². The van der Waals surface area contributed by atoms with Crippen LogP contribution in [-0.2, 0) is 4.74 Å². The van der Waals surface area contributed by atoms with E-state index >= 15 is 0 Å². The van der Waals surface area contributed by atoms with Gasteiger partial charge in [-0.05, 0) is 30.4 Å². The third kappa shape index (κ3) is 2.64. The van der Waals surface area contributed by atoms with Crippen LogP contribution in [0.15, 0.2) is 36.4 Å². The fourth-order valence-electron chi connectivity index (χ4n) is 2.02. The molecule has 2 rings (SSSR count). The fourth-order valence-corrected chi connectivity index (χ4v) is 2.12. The molecule has 0 saturated heterocycles. The maximum atomic E-state index is 10.8. The Hall–Kier alpha value is -1.28. The normalized spacial score (nSPS) is 20.1. The van der Waals surface area contributed by atoms with E-state index in [-0.39, 0.29) is 6.10 Å². The number of hydrogen-bond donors (Lipinski definition) is 0. The van der Waals surface area contributed by atoms with Gasteiger partial charge >= 0.3 is 5.43 Å². The third-order valence-corrected chi connectivity index (χ3v) is 2.81. The molecule has 1 aliphatic rings. The molecule has 0 heterocycles. The maximum Gasteiger partial charge on any atom is 0.404 e. The molecule has 3 heteroatoms. The van der Waals surface area contributed by atoms with Crippen LogP contribution in [0.25, 0.3) is 5.57 Å². The van der Waals surface area contributed by atoms with Crippen LogP contribution >= 0.6 is 11.6 Å². The molecule has 16 heavy (non-hydrogen) atoms. The zero-order valence-electron chi connectivity index (χ0n) is 8.86. The maximum absolute atomic E-state index is 10.8. The molecule has 0 fully saturated rings. The molecule has 0 aliphatic heterocycles. The van der Waals surface area contributed by atoms with E-state index in [1.165, 1.54) is 0 Å². The van der Waals surface area contributed by atoms with Gasteiger partial charge in [0.2, 0.25) is 0 Å². The molecule has 1 unspecified atom stereocenters. The van der Waals surface area contributed by atoms with Crippen molar-refractivity contribution in [2.45, 2.75) is 25.4 Å². The predicted molar refractivity (Wildman–Crippen MR) is 64.4 cm³/mol. The van der Waals surface area contributed by atoms with E-state index in [1.807, 2.05) is 30.3 Å². The van der Waals surface area contributed by atoms with Crippen molar-refractivity contribution in [3.05, 3.63) is 42.0 Å². The molecule has 0 amide bonds. The summed E-state index contributed by atoms with van der Waals surface area (Å²) < 4.78 is 5.12. The van der Waals surface area contributed by atoms with E-state index in [0.29, 0.717) is 0 Å². The van der Waals surface area contributed by atoms with Crippen molar-refractivity contribution in [2.75, 3.05) is 0 Å².